The molecule has 2 fully saturated rings. The molecule has 30 heavy (non-hydrogen) atoms. The van der Waals surface area contributed by atoms with Crippen LogP contribution in [0.5, 0.6) is 0 Å². The van der Waals surface area contributed by atoms with E-state index in [1.165, 1.54) is 43.2 Å². The molecule has 2 aromatic rings. The van der Waals surface area contributed by atoms with Gasteiger partial charge in [0.2, 0.25) is 5.91 Å². The van der Waals surface area contributed by atoms with Gasteiger partial charge < -0.3 is 10.4 Å². The molecule has 4 heteroatoms. The summed E-state index contributed by atoms with van der Waals surface area (Å²) < 4.78 is 0. The van der Waals surface area contributed by atoms with Crippen molar-refractivity contribution in [1.29, 1.82) is 0 Å². The largest absolute Gasteiger partial charge is 0.389 e. The normalized spacial score (nSPS) is 20.0. The molecule has 4 nitrogen and oxygen atoms in total. The number of hydrogen-bond acceptors (Lipinski definition) is 3. The highest BCUT2D eigenvalue weighted by Gasteiger charge is 2.32. The number of rotatable bonds is 6. The Morgan fingerprint density at radius 3 is 2.30 bits per heavy atom. The lowest BCUT2D eigenvalue weighted by Crippen LogP contribution is -2.47. The lowest BCUT2D eigenvalue weighted by atomic mass is 9.84. The highest BCUT2D eigenvalue weighted by molar-refractivity contribution is 5.92. The molecule has 0 radical (unpaired) electrons. The molecule has 0 spiro atoms. The first kappa shape index (κ1) is 21.1. The topological polar surface area (TPSA) is 52.6 Å². The zero-order valence-electron chi connectivity index (χ0n) is 17.9. The van der Waals surface area contributed by atoms with Gasteiger partial charge in [0.25, 0.3) is 0 Å². The maximum absolute atomic E-state index is 12.5. The van der Waals surface area contributed by atoms with Crippen LogP contribution in [0.15, 0.2) is 54.6 Å². The van der Waals surface area contributed by atoms with Gasteiger partial charge in [0, 0.05) is 25.2 Å². The number of hydrogen-bond donors (Lipinski definition) is 2. The maximum Gasteiger partial charge on any atom is 0.238 e. The minimum absolute atomic E-state index is 0.0221. The molecule has 0 aromatic heterocycles. The van der Waals surface area contributed by atoms with Crippen LogP contribution in [-0.2, 0) is 11.2 Å². The Morgan fingerprint density at radius 1 is 0.967 bits per heavy atom. The molecule has 1 aliphatic carbocycles. The Morgan fingerprint density at radius 2 is 1.63 bits per heavy atom. The van der Waals surface area contributed by atoms with Crippen molar-refractivity contribution in [3.8, 4) is 0 Å². The zero-order chi connectivity index (χ0) is 20.8. The van der Waals surface area contributed by atoms with E-state index < -0.39 is 5.60 Å². The second-order valence-corrected chi connectivity index (χ2v) is 9.17. The molecular formula is C26H34N2O2. The van der Waals surface area contributed by atoms with Crippen molar-refractivity contribution in [2.45, 2.75) is 62.9 Å². The maximum atomic E-state index is 12.5. The fourth-order valence-corrected chi connectivity index (χ4v) is 4.96. The smallest absolute Gasteiger partial charge is 0.238 e. The molecule has 1 aliphatic heterocycles. The predicted octanol–water partition coefficient (Wildman–Crippen LogP) is 4.74. The molecule has 2 aliphatic rings. The standard InChI is InChI=1S/C26H34N2O2/c29-25(27-24-13-11-23(12-14-24)22-9-5-2-6-10-22)20-28-17-15-26(30,16-18-28)19-21-7-3-1-4-8-21/h1,3-4,7-8,11-14,22,30H,2,5-6,9-10,15-20H2,(H,27,29). The van der Waals surface area contributed by atoms with Crippen LogP contribution in [0, 0.1) is 0 Å². The fourth-order valence-electron chi connectivity index (χ4n) is 4.96. The van der Waals surface area contributed by atoms with Gasteiger partial charge in [-0.1, -0.05) is 61.7 Å². The first-order valence-corrected chi connectivity index (χ1v) is 11.5. The van der Waals surface area contributed by atoms with Gasteiger partial charge in [0.05, 0.1) is 12.1 Å². The average molecular weight is 407 g/mol. The number of nitrogens with one attached hydrogen (secondary N) is 1. The summed E-state index contributed by atoms with van der Waals surface area (Å²) in [6.45, 7) is 1.88. The SMILES string of the molecule is O=C(CN1CCC(O)(Cc2ccccc2)CC1)Nc1ccc(C2CCCCC2)cc1. The van der Waals surface area contributed by atoms with Crippen LogP contribution in [0.2, 0.25) is 0 Å². The number of nitrogens with zero attached hydrogens (tertiary/aromatic N) is 1. The summed E-state index contributed by atoms with van der Waals surface area (Å²) in [5, 5.41) is 14.0. The van der Waals surface area contributed by atoms with Crippen LogP contribution >= 0.6 is 0 Å². The summed E-state index contributed by atoms with van der Waals surface area (Å²) in [5.41, 5.74) is 2.78. The van der Waals surface area contributed by atoms with Crippen molar-refractivity contribution in [1.82, 2.24) is 4.90 Å². The highest BCUT2D eigenvalue weighted by atomic mass is 16.3. The fraction of sp³-hybridized carbons (Fsp3) is 0.500. The van der Waals surface area contributed by atoms with E-state index in [2.05, 4.69) is 34.5 Å². The second-order valence-electron chi connectivity index (χ2n) is 9.17. The number of anilines is 1. The highest BCUT2D eigenvalue weighted by Crippen LogP contribution is 2.33. The van der Waals surface area contributed by atoms with Crippen molar-refractivity contribution < 1.29 is 9.90 Å². The Kier molecular flexibility index (Phi) is 6.86. The molecule has 0 bridgehead atoms. The van der Waals surface area contributed by atoms with E-state index in [1.807, 2.05) is 30.3 Å². The van der Waals surface area contributed by atoms with E-state index in [1.54, 1.807) is 0 Å². The molecule has 4 rings (SSSR count). The Bertz CT molecular complexity index is 805. The Balaban J connectivity index is 1.23. The van der Waals surface area contributed by atoms with Crippen molar-refractivity contribution in [2.75, 3.05) is 25.0 Å². The molecule has 2 N–H and O–H groups in total. The van der Waals surface area contributed by atoms with Crippen LogP contribution < -0.4 is 5.32 Å². The summed E-state index contributed by atoms with van der Waals surface area (Å²) >= 11 is 0. The minimum Gasteiger partial charge on any atom is -0.389 e. The van der Waals surface area contributed by atoms with Crippen LogP contribution in [0.4, 0.5) is 5.69 Å². The third-order valence-electron chi connectivity index (χ3n) is 6.80. The van der Waals surface area contributed by atoms with Gasteiger partial charge in [-0.3, -0.25) is 9.69 Å². The van der Waals surface area contributed by atoms with Crippen molar-refractivity contribution in [3.63, 3.8) is 0 Å². The summed E-state index contributed by atoms with van der Waals surface area (Å²) in [6, 6.07) is 18.6. The van der Waals surface area contributed by atoms with Gasteiger partial charge in [0.1, 0.15) is 0 Å². The van der Waals surface area contributed by atoms with Crippen molar-refractivity contribution in [2.24, 2.45) is 0 Å². The van der Waals surface area contributed by atoms with Crippen LogP contribution in [0.25, 0.3) is 0 Å². The van der Waals surface area contributed by atoms with Crippen molar-refractivity contribution >= 4 is 11.6 Å². The predicted molar refractivity (Wildman–Crippen MR) is 122 cm³/mol. The molecular weight excluding hydrogens is 372 g/mol. The monoisotopic (exact) mass is 406 g/mol. The lowest BCUT2D eigenvalue weighted by Gasteiger charge is -2.38. The second kappa shape index (κ2) is 9.76. The zero-order valence-corrected chi connectivity index (χ0v) is 17.9. The van der Waals surface area contributed by atoms with E-state index >= 15 is 0 Å². The van der Waals surface area contributed by atoms with E-state index in [4.69, 9.17) is 0 Å². The number of likely N-dealkylation sites (tertiary alicyclic amines) is 1. The van der Waals surface area contributed by atoms with E-state index in [0.717, 1.165) is 18.8 Å². The first-order chi connectivity index (χ1) is 14.6. The molecule has 1 heterocycles. The van der Waals surface area contributed by atoms with E-state index in [0.29, 0.717) is 31.7 Å². The minimum atomic E-state index is -0.663. The number of amides is 1. The van der Waals surface area contributed by atoms with E-state index in [-0.39, 0.29) is 5.91 Å². The number of aliphatic hydroxyl groups is 1. The molecule has 1 saturated carbocycles. The Hall–Kier alpha value is -2.17. The van der Waals surface area contributed by atoms with Crippen LogP contribution in [0.3, 0.4) is 0 Å². The van der Waals surface area contributed by atoms with Crippen LogP contribution in [0.1, 0.15) is 62.0 Å². The summed E-state index contributed by atoms with van der Waals surface area (Å²) in [4.78, 5) is 14.6. The molecule has 0 atom stereocenters. The van der Waals surface area contributed by atoms with Gasteiger partial charge >= 0.3 is 0 Å². The van der Waals surface area contributed by atoms with Gasteiger partial charge in [-0.15, -0.1) is 0 Å². The average Bonchev–Trinajstić information content (AvgIpc) is 2.77. The summed E-state index contributed by atoms with van der Waals surface area (Å²) in [7, 11) is 0. The molecule has 1 saturated heterocycles. The molecule has 160 valence electrons. The molecule has 2 aromatic carbocycles. The number of carbonyl (C=O) groups is 1. The van der Waals surface area contributed by atoms with Gasteiger partial charge in [0.15, 0.2) is 0 Å². The van der Waals surface area contributed by atoms with Gasteiger partial charge in [-0.25, -0.2) is 0 Å². The van der Waals surface area contributed by atoms with Crippen LogP contribution in [-0.4, -0.2) is 41.1 Å². The lowest BCUT2D eigenvalue weighted by molar-refractivity contribution is -0.118. The number of carbonyl (C=O) groups excluding carboxylic acids is 1. The number of piperidine rings is 1. The van der Waals surface area contributed by atoms with E-state index in [9.17, 15) is 9.90 Å². The van der Waals surface area contributed by atoms with Gasteiger partial charge in [-0.2, -0.15) is 0 Å². The third kappa shape index (κ3) is 5.71. The first-order valence-electron chi connectivity index (χ1n) is 11.5. The Labute approximate surface area is 180 Å². The molecule has 1 amide bonds. The quantitative estimate of drug-likeness (QED) is 0.728. The summed E-state index contributed by atoms with van der Waals surface area (Å²) in [6.07, 6.45) is 8.69. The third-order valence-corrected chi connectivity index (χ3v) is 6.80. The molecule has 0 unspecified atom stereocenters. The van der Waals surface area contributed by atoms with Crippen molar-refractivity contribution in [3.05, 3.63) is 65.7 Å². The summed E-state index contributed by atoms with van der Waals surface area (Å²) in [5.74, 6) is 0.709. The van der Waals surface area contributed by atoms with Gasteiger partial charge in [-0.05, 0) is 54.9 Å². The number of benzene rings is 2.